The molecule has 0 aliphatic carbocycles. The van der Waals surface area contributed by atoms with Crippen LogP contribution in [0.15, 0.2) is 36.5 Å². The zero-order valence-electron chi connectivity index (χ0n) is 32.4. The molecule has 12 nitrogen and oxygen atoms in total. The maximum absolute atomic E-state index is 17.5. The molecular formula is C42H48F3N7O5. The number of aryl methyl sites for hydroxylation is 1. The number of benzene rings is 2. The first-order chi connectivity index (χ1) is 27.4. The van der Waals surface area contributed by atoms with Crippen LogP contribution in [0.5, 0.6) is 11.8 Å². The first kappa shape index (κ1) is 37.6. The number of likely N-dealkylation sites (tertiary alicyclic amines) is 1. The van der Waals surface area contributed by atoms with Crippen LogP contribution in [0.2, 0.25) is 0 Å². The van der Waals surface area contributed by atoms with Crippen molar-refractivity contribution in [1.82, 2.24) is 30.1 Å². The fourth-order valence-electron chi connectivity index (χ4n) is 9.92. The van der Waals surface area contributed by atoms with Crippen LogP contribution in [-0.2, 0) is 11.2 Å². The molecule has 4 saturated heterocycles. The van der Waals surface area contributed by atoms with Gasteiger partial charge in [-0.1, -0.05) is 18.2 Å². The summed E-state index contributed by atoms with van der Waals surface area (Å²) in [5, 5.41) is 4.82. The molecule has 0 radical (unpaired) electrons. The van der Waals surface area contributed by atoms with E-state index in [9.17, 15) is 18.4 Å². The predicted octanol–water partition coefficient (Wildman–Crippen LogP) is 7.64. The molecule has 2 aromatic heterocycles. The molecule has 4 aromatic rings. The van der Waals surface area contributed by atoms with E-state index in [2.05, 4.69) is 10.2 Å². The first-order valence-electron chi connectivity index (χ1n) is 20.3. The lowest BCUT2D eigenvalue weighted by atomic mass is 9.91. The number of rotatable bonds is 4. The smallest absolute Gasteiger partial charge is 0.415 e. The van der Waals surface area contributed by atoms with Crippen molar-refractivity contribution < 1.29 is 37.0 Å². The number of alkyl halides is 2. The molecule has 10 rings (SSSR count). The standard InChI is InChI=1S/C42H48F3N7O5/c1-26-22-42(44,45)14-18-52(26)39(54)57-29-20-28-9-3-8-27-10-4-19-55-38(53)49-40(2)11-5-15-50(24-40)36-31-23-46-34(30(21-29)32(27)28)33(43)35(31)47-37(48-36)56-25-41-12-6-16-51(41)17-7-13-41/h3,8-9,20-21,23,26H,4-7,10-19,22,24-25H2,1-2H3,(H,49,53). The van der Waals surface area contributed by atoms with Gasteiger partial charge in [0.05, 0.1) is 23.1 Å². The Balaban J connectivity index is 1.18. The largest absolute Gasteiger partial charge is 0.461 e. The molecule has 4 fully saturated rings. The number of hydrogen-bond acceptors (Lipinski definition) is 10. The van der Waals surface area contributed by atoms with Crippen LogP contribution in [0.25, 0.3) is 32.9 Å². The van der Waals surface area contributed by atoms with Gasteiger partial charge in [0.15, 0.2) is 5.82 Å². The molecule has 15 heteroatoms. The Labute approximate surface area is 329 Å². The minimum Gasteiger partial charge on any atom is -0.461 e. The van der Waals surface area contributed by atoms with Gasteiger partial charge in [-0.15, -0.1) is 0 Å². The number of ether oxygens (including phenoxy) is 3. The average molecular weight is 788 g/mol. The fourth-order valence-corrected chi connectivity index (χ4v) is 9.92. The third-order valence-corrected chi connectivity index (χ3v) is 12.7. The summed E-state index contributed by atoms with van der Waals surface area (Å²) in [5.74, 6) is -2.97. The molecule has 6 aliphatic rings. The van der Waals surface area contributed by atoms with E-state index in [-0.39, 0.29) is 41.7 Å². The number of piperidine rings is 2. The molecule has 57 heavy (non-hydrogen) atoms. The third-order valence-electron chi connectivity index (χ3n) is 12.7. The van der Waals surface area contributed by atoms with Gasteiger partial charge in [-0.05, 0) is 107 Å². The zero-order chi connectivity index (χ0) is 39.5. The van der Waals surface area contributed by atoms with Gasteiger partial charge in [-0.2, -0.15) is 9.97 Å². The van der Waals surface area contributed by atoms with E-state index in [1.807, 2.05) is 30.0 Å². The summed E-state index contributed by atoms with van der Waals surface area (Å²) in [6.07, 6.45) is 6.04. The van der Waals surface area contributed by atoms with Crippen LogP contribution >= 0.6 is 0 Å². The highest BCUT2D eigenvalue weighted by atomic mass is 19.3. The SMILES string of the molecule is CC1CC(F)(F)CCN1C(=O)Oc1cc2c3c(cccc3c1)CCCOC(=O)NC1(C)CCCN(C1)c1nc(OCC34CCCN3CCC4)nc3c(F)c-2ncc13. The molecule has 2 atom stereocenters. The summed E-state index contributed by atoms with van der Waals surface area (Å²) in [6, 6.07) is 8.21. The lowest BCUT2D eigenvalue weighted by molar-refractivity contribution is -0.0671. The lowest BCUT2D eigenvalue weighted by Crippen LogP contribution is -2.57. The van der Waals surface area contributed by atoms with E-state index in [4.69, 9.17) is 29.2 Å². The van der Waals surface area contributed by atoms with Crippen molar-refractivity contribution in [3.05, 3.63) is 47.9 Å². The van der Waals surface area contributed by atoms with Crippen molar-refractivity contribution in [2.45, 2.75) is 101 Å². The molecule has 1 N–H and O–H groups in total. The van der Waals surface area contributed by atoms with Crippen molar-refractivity contribution in [1.29, 1.82) is 0 Å². The number of pyridine rings is 1. The summed E-state index contributed by atoms with van der Waals surface area (Å²) >= 11 is 0. The molecule has 6 aliphatic heterocycles. The minimum absolute atomic E-state index is 0.00307. The van der Waals surface area contributed by atoms with E-state index < -0.39 is 48.3 Å². The van der Waals surface area contributed by atoms with Crippen LogP contribution in [0.4, 0.5) is 28.6 Å². The zero-order valence-corrected chi connectivity index (χ0v) is 32.4. The van der Waals surface area contributed by atoms with E-state index in [1.165, 1.54) is 4.90 Å². The van der Waals surface area contributed by atoms with E-state index in [1.54, 1.807) is 25.3 Å². The van der Waals surface area contributed by atoms with Crippen molar-refractivity contribution in [2.24, 2.45) is 0 Å². The van der Waals surface area contributed by atoms with E-state index in [0.717, 1.165) is 50.8 Å². The number of nitrogens with one attached hydrogen (secondary N) is 1. The number of hydrogen-bond donors (Lipinski definition) is 1. The molecule has 8 heterocycles. The minimum atomic E-state index is -2.86. The number of anilines is 1. The van der Waals surface area contributed by atoms with Crippen molar-refractivity contribution >= 4 is 39.7 Å². The molecule has 0 saturated carbocycles. The normalized spacial score (nSPS) is 24.6. The molecular weight excluding hydrogens is 739 g/mol. The number of carbonyl (C=O) groups excluding carboxylic acids is 2. The second-order valence-electron chi connectivity index (χ2n) is 16.9. The highest BCUT2D eigenvalue weighted by molar-refractivity contribution is 6.02. The van der Waals surface area contributed by atoms with Gasteiger partial charge in [0.1, 0.15) is 29.4 Å². The maximum atomic E-state index is 17.5. The summed E-state index contributed by atoms with van der Waals surface area (Å²) in [7, 11) is 0. The Morgan fingerprint density at radius 1 is 1.04 bits per heavy atom. The topological polar surface area (TPSA) is 122 Å². The molecule has 2 amide bonds. The number of halogens is 3. The number of fused-ring (bicyclic) bond motifs is 7. The van der Waals surface area contributed by atoms with Crippen molar-refractivity contribution in [2.75, 3.05) is 50.8 Å². The molecule has 2 aromatic carbocycles. The number of amides is 2. The van der Waals surface area contributed by atoms with Crippen LogP contribution in [-0.4, -0.2) is 106 Å². The third kappa shape index (κ3) is 7.16. The van der Waals surface area contributed by atoms with Gasteiger partial charge < -0.3 is 29.3 Å². The highest BCUT2D eigenvalue weighted by Gasteiger charge is 2.45. The Kier molecular flexibility index (Phi) is 9.56. The molecule has 0 spiro atoms. The fraction of sp³-hybridized carbons (Fsp3) is 0.548. The number of carbonyl (C=O) groups is 2. The average Bonchev–Trinajstić information content (AvgIpc) is 3.75. The monoisotopic (exact) mass is 787 g/mol. The van der Waals surface area contributed by atoms with Crippen LogP contribution in [0.1, 0.15) is 77.2 Å². The van der Waals surface area contributed by atoms with Gasteiger partial charge in [0, 0.05) is 50.3 Å². The van der Waals surface area contributed by atoms with E-state index >= 15 is 4.39 Å². The lowest BCUT2D eigenvalue weighted by Gasteiger charge is -2.41. The van der Waals surface area contributed by atoms with Gasteiger partial charge >= 0.3 is 18.2 Å². The second kappa shape index (κ2) is 14.5. The number of aromatic nitrogens is 3. The summed E-state index contributed by atoms with van der Waals surface area (Å²) in [4.78, 5) is 46.8. The van der Waals surface area contributed by atoms with E-state index in [0.29, 0.717) is 66.5 Å². The van der Waals surface area contributed by atoms with Gasteiger partial charge in [0.25, 0.3) is 5.92 Å². The van der Waals surface area contributed by atoms with Crippen LogP contribution in [0.3, 0.4) is 0 Å². The molecule has 302 valence electrons. The van der Waals surface area contributed by atoms with Crippen LogP contribution < -0.4 is 19.7 Å². The van der Waals surface area contributed by atoms with Crippen molar-refractivity contribution in [3.8, 4) is 23.0 Å². The number of nitrogens with zero attached hydrogens (tertiary/aromatic N) is 6. The first-order valence-corrected chi connectivity index (χ1v) is 20.3. The summed E-state index contributed by atoms with van der Waals surface area (Å²) in [5.41, 5.74) is 0.499. The quantitative estimate of drug-likeness (QED) is 0.221. The van der Waals surface area contributed by atoms with Gasteiger partial charge in [-0.25, -0.2) is 22.8 Å². The maximum Gasteiger partial charge on any atom is 0.415 e. The predicted molar refractivity (Wildman–Crippen MR) is 208 cm³/mol. The Morgan fingerprint density at radius 2 is 1.84 bits per heavy atom. The Hall–Kier alpha value is -4.92. The summed E-state index contributed by atoms with van der Waals surface area (Å²) < 4.78 is 63.8. The Bertz CT molecular complexity index is 2230. The Morgan fingerprint density at radius 3 is 2.65 bits per heavy atom. The van der Waals surface area contributed by atoms with Gasteiger partial charge in [0.2, 0.25) is 0 Å². The van der Waals surface area contributed by atoms with Crippen LogP contribution in [0, 0.1) is 5.82 Å². The summed E-state index contributed by atoms with van der Waals surface area (Å²) in [6.45, 7) is 6.98. The van der Waals surface area contributed by atoms with Gasteiger partial charge in [-0.3, -0.25) is 9.88 Å². The van der Waals surface area contributed by atoms with Crippen molar-refractivity contribution in [3.63, 3.8) is 0 Å². The second-order valence-corrected chi connectivity index (χ2v) is 16.9. The molecule has 2 unspecified atom stereocenters. The highest BCUT2D eigenvalue weighted by Crippen LogP contribution is 2.42. The molecule has 6 bridgehead atoms. The number of alkyl carbamates (subject to hydrolysis) is 1.